The molecule has 1 heterocycles. The van der Waals surface area contributed by atoms with E-state index in [1.807, 2.05) is 0 Å². The van der Waals surface area contributed by atoms with E-state index in [1.165, 1.54) is 17.4 Å². The fourth-order valence-corrected chi connectivity index (χ4v) is 6.28. The molecule has 2 bridgehead atoms. The Morgan fingerprint density at radius 3 is 2.86 bits per heavy atom. The molecule has 3 aliphatic rings. The molecule has 22 heavy (non-hydrogen) atoms. The third-order valence-electron chi connectivity index (χ3n) is 5.20. The predicted molar refractivity (Wildman–Crippen MR) is 88.3 cm³/mol. The molecule has 3 aliphatic carbocycles. The maximum absolute atomic E-state index is 13.7. The Kier molecular flexibility index (Phi) is 3.04. The van der Waals surface area contributed by atoms with E-state index in [0.717, 1.165) is 40.8 Å². The summed E-state index contributed by atoms with van der Waals surface area (Å²) in [4.78, 5) is 13.0. The van der Waals surface area contributed by atoms with Gasteiger partial charge in [0.1, 0.15) is 10.7 Å². The second kappa shape index (κ2) is 4.65. The van der Waals surface area contributed by atoms with Gasteiger partial charge in [0.05, 0.1) is 4.47 Å². The van der Waals surface area contributed by atoms with Gasteiger partial charge >= 0.3 is 5.97 Å². The van der Waals surface area contributed by atoms with Crippen LogP contribution in [0.2, 0.25) is 0 Å². The lowest BCUT2D eigenvalue weighted by Crippen LogP contribution is -2.37. The summed E-state index contributed by atoms with van der Waals surface area (Å²) in [6.45, 7) is 2.16. The van der Waals surface area contributed by atoms with Gasteiger partial charge in [0, 0.05) is 15.9 Å². The van der Waals surface area contributed by atoms with Crippen LogP contribution in [0.15, 0.2) is 22.7 Å². The molecule has 5 heteroatoms. The van der Waals surface area contributed by atoms with Crippen molar-refractivity contribution in [3.05, 3.63) is 43.8 Å². The minimum Gasteiger partial charge on any atom is -0.477 e. The van der Waals surface area contributed by atoms with Crippen LogP contribution < -0.4 is 0 Å². The van der Waals surface area contributed by atoms with Gasteiger partial charge in [0.2, 0.25) is 0 Å². The normalized spacial score (nSPS) is 25.0. The van der Waals surface area contributed by atoms with Crippen molar-refractivity contribution < 1.29 is 14.3 Å². The number of halogens is 2. The van der Waals surface area contributed by atoms with Gasteiger partial charge in [-0.3, -0.25) is 0 Å². The zero-order valence-electron chi connectivity index (χ0n) is 12.0. The first-order chi connectivity index (χ1) is 10.5. The smallest absolute Gasteiger partial charge is 0.347 e. The number of thiophene rings is 1. The molecule has 5 rings (SSSR count). The molecule has 2 nitrogen and oxygen atoms in total. The van der Waals surface area contributed by atoms with Crippen LogP contribution in [0.3, 0.4) is 0 Å². The van der Waals surface area contributed by atoms with E-state index in [2.05, 4.69) is 22.9 Å². The molecule has 1 aromatic carbocycles. The molecule has 114 valence electrons. The highest BCUT2D eigenvalue weighted by Gasteiger charge is 2.51. The largest absolute Gasteiger partial charge is 0.477 e. The van der Waals surface area contributed by atoms with E-state index in [9.17, 15) is 14.3 Å². The molecule has 0 radical (unpaired) electrons. The van der Waals surface area contributed by atoms with E-state index in [4.69, 9.17) is 0 Å². The first kappa shape index (κ1) is 14.4. The Morgan fingerprint density at radius 1 is 1.50 bits per heavy atom. The number of carboxylic acids is 1. The van der Waals surface area contributed by atoms with Crippen molar-refractivity contribution in [2.24, 2.45) is 0 Å². The van der Waals surface area contributed by atoms with E-state index in [0.29, 0.717) is 15.3 Å². The third kappa shape index (κ3) is 1.72. The predicted octanol–water partition coefficient (Wildman–Crippen LogP) is 5.55. The second-order valence-corrected chi connectivity index (χ2v) is 8.04. The molecule has 0 atom stereocenters. The highest BCUT2D eigenvalue weighted by Crippen LogP contribution is 2.64. The Bertz CT molecular complexity index is 805. The van der Waals surface area contributed by atoms with Crippen molar-refractivity contribution >= 4 is 33.2 Å². The summed E-state index contributed by atoms with van der Waals surface area (Å²) in [5.74, 6) is -0.748. The lowest BCUT2D eigenvalue weighted by Gasteiger charge is -2.46. The second-order valence-electron chi connectivity index (χ2n) is 6.23. The van der Waals surface area contributed by atoms with Crippen molar-refractivity contribution in [1.29, 1.82) is 0 Å². The monoisotopic (exact) mass is 380 g/mol. The van der Waals surface area contributed by atoms with Crippen molar-refractivity contribution in [3.63, 3.8) is 0 Å². The Balaban J connectivity index is 2.07. The highest BCUT2D eigenvalue weighted by molar-refractivity contribution is 9.10. The molecule has 1 saturated carbocycles. The summed E-state index contributed by atoms with van der Waals surface area (Å²) in [5, 5.41) is 9.45. The van der Waals surface area contributed by atoms with Crippen LogP contribution >= 0.6 is 27.3 Å². The van der Waals surface area contributed by atoms with Gasteiger partial charge in [-0.2, -0.15) is 0 Å². The quantitative estimate of drug-likeness (QED) is 0.740. The van der Waals surface area contributed by atoms with Crippen LogP contribution in [0.25, 0.3) is 11.1 Å². The minimum absolute atomic E-state index is 0.0520. The topological polar surface area (TPSA) is 37.3 Å². The van der Waals surface area contributed by atoms with Crippen molar-refractivity contribution in [2.75, 3.05) is 0 Å². The van der Waals surface area contributed by atoms with Crippen LogP contribution in [0.1, 0.15) is 52.2 Å². The Morgan fingerprint density at radius 2 is 2.23 bits per heavy atom. The average Bonchev–Trinajstić information content (AvgIpc) is 2.67. The summed E-state index contributed by atoms with van der Waals surface area (Å²) in [5.41, 5.74) is 3.04. The average molecular weight is 381 g/mol. The molecular weight excluding hydrogens is 367 g/mol. The van der Waals surface area contributed by atoms with Crippen LogP contribution in [0, 0.1) is 5.82 Å². The maximum Gasteiger partial charge on any atom is 0.347 e. The van der Waals surface area contributed by atoms with E-state index in [1.54, 1.807) is 12.1 Å². The fourth-order valence-electron chi connectivity index (χ4n) is 4.00. The van der Waals surface area contributed by atoms with E-state index in [-0.39, 0.29) is 11.2 Å². The molecular formula is C17H14BrFO2S. The number of carbonyl (C=O) groups is 1. The molecule has 0 saturated heterocycles. The van der Waals surface area contributed by atoms with Gasteiger partial charge in [-0.1, -0.05) is 13.0 Å². The summed E-state index contributed by atoms with van der Waals surface area (Å²) in [6, 6.07) is 4.89. The van der Waals surface area contributed by atoms with Gasteiger partial charge in [-0.05, 0) is 64.4 Å². The summed E-state index contributed by atoms with van der Waals surface area (Å²) in [7, 11) is 0. The molecule has 1 fully saturated rings. The summed E-state index contributed by atoms with van der Waals surface area (Å²) in [6.07, 6.45) is 2.96. The molecule has 0 unspecified atom stereocenters. The van der Waals surface area contributed by atoms with Crippen molar-refractivity contribution in [2.45, 2.75) is 37.5 Å². The molecule has 1 N–H and O–H groups in total. The summed E-state index contributed by atoms with van der Waals surface area (Å²) < 4.78 is 14.3. The zero-order chi connectivity index (χ0) is 15.6. The van der Waals surface area contributed by atoms with E-state index < -0.39 is 5.97 Å². The summed E-state index contributed by atoms with van der Waals surface area (Å²) >= 11 is 4.88. The lowest BCUT2D eigenvalue weighted by atomic mass is 9.59. The molecule has 0 aliphatic heterocycles. The maximum atomic E-state index is 13.7. The Labute approximate surface area is 140 Å². The van der Waals surface area contributed by atoms with Crippen molar-refractivity contribution in [1.82, 2.24) is 0 Å². The highest BCUT2D eigenvalue weighted by atomic mass is 79.9. The number of aromatic carboxylic acids is 1. The number of carboxylic acid groups (broad SMARTS) is 1. The molecule has 2 aromatic rings. The van der Waals surface area contributed by atoms with E-state index >= 15 is 0 Å². The number of benzene rings is 1. The third-order valence-corrected chi connectivity index (χ3v) is 7.68. The van der Waals surface area contributed by atoms with Gasteiger partial charge in [-0.25, -0.2) is 9.18 Å². The first-order valence-corrected chi connectivity index (χ1v) is 8.93. The van der Waals surface area contributed by atoms with Crippen LogP contribution in [-0.2, 0) is 5.41 Å². The van der Waals surface area contributed by atoms with Crippen LogP contribution in [0.4, 0.5) is 4.39 Å². The van der Waals surface area contributed by atoms with Crippen molar-refractivity contribution in [3.8, 4) is 11.1 Å². The minimum atomic E-state index is -0.907. The number of hydrogen-bond acceptors (Lipinski definition) is 2. The zero-order valence-corrected chi connectivity index (χ0v) is 14.4. The van der Waals surface area contributed by atoms with Gasteiger partial charge in [-0.15, -0.1) is 11.3 Å². The molecule has 0 amide bonds. The standard InChI is InChI=1S/C17H14BrFO2S/c1-2-17-6-8(7-17)11-5-9(19)3-4-10(11)12-13(18)14(16(20)21)22-15(12)17/h3-5,8H,2,6-7H2,1H3,(H,20,21). The van der Waals surface area contributed by atoms with Crippen LogP contribution in [0.5, 0.6) is 0 Å². The molecule has 1 aromatic heterocycles. The van der Waals surface area contributed by atoms with Gasteiger partial charge in [0.25, 0.3) is 0 Å². The lowest BCUT2D eigenvalue weighted by molar-refractivity contribution is 0.0701. The SMILES string of the molecule is CCC12CC(C1)c1cc(F)ccc1-c1c2sc(C(=O)O)c1Br. The van der Waals surface area contributed by atoms with Gasteiger partial charge < -0.3 is 5.11 Å². The Hall–Kier alpha value is -1.20. The number of rotatable bonds is 2. The van der Waals surface area contributed by atoms with Crippen LogP contribution in [-0.4, -0.2) is 11.1 Å². The number of hydrogen-bond donors (Lipinski definition) is 1. The fraction of sp³-hybridized carbons (Fsp3) is 0.353. The first-order valence-electron chi connectivity index (χ1n) is 7.32. The van der Waals surface area contributed by atoms with Gasteiger partial charge in [0.15, 0.2) is 0 Å². The molecule has 0 spiro atoms.